The molecule has 3 rings (SSSR count). The molecule has 33 heavy (non-hydrogen) atoms. The van der Waals surface area contributed by atoms with Crippen molar-refractivity contribution in [3.63, 3.8) is 0 Å². The third-order valence-corrected chi connectivity index (χ3v) is 8.09. The molecule has 2 atom stereocenters. The van der Waals surface area contributed by atoms with Crippen molar-refractivity contribution in [3.05, 3.63) is 54.6 Å². The van der Waals surface area contributed by atoms with Crippen molar-refractivity contribution in [1.29, 1.82) is 0 Å². The van der Waals surface area contributed by atoms with Crippen molar-refractivity contribution in [1.82, 2.24) is 0 Å². The first kappa shape index (κ1) is 25.0. The maximum Gasteiger partial charge on any atom is 0.368 e. The molecule has 0 amide bonds. The highest BCUT2D eigenvalue weighted by molar-refractivity contribution is 7.98. The summed E-state index contributed by atoms with van der Waals surface area (Å²) in [5.74, 6) is -4.20. The van der Waals surface area contributed by atoms with Crippen LogP contribution in [0.2, 0.25) is 0 Å². The second-order valence-corrected chi connectivity index (χ2v) is 10.4. The smallest absolute Gasteiger partial charge is 0.368 e. The van der Waals surface area contributed by atoms with Crippen LogP contribution in [0.5, 0.6) is 5.75 Å². The van der Waals surface area contributed by atoms with Gasteiger partial charge < -0.3 is 14.7 Å². The van der Waals surface area contributed by atoms with Crippen LogP contribution in [0.4, 0.5) is 20.2 Å². The van der Waals surface area contributed by atoms with E-state index in [-0.39, 0.29) is 17.2 Å². The fraction of sp³-hybridized carbons (Fsp3) is 0.348. The lowest BCUT2D eigenvalue weighted by Crippen LogP contribution is -2.31. The molecule has 1 unspecified atom stereocenters. The number of unbranched alkanes of at least 4 members (excludes halogenated alkanes) is 1. The molecule has 1 heterocycles. The van der Waals surface area contributed by atoms with Gasteiger partial charge in [-0.1, -0.05) is 38.0 Å². The summed E-state index contributed by atoms with van der Waals surface area (Å²) < 4.78 is 60.8. The first-order valence-electron chi connectivity index (χ1n) is 10.4. The topological polar surface area (TPSA) is 83.9 Å². The summed E-state index contributed by atoms with van der Waals surface area (Å²) in [6.45, 7) is 2.12. The van der Waals surface area contributed by atoms with Crippen LogP contribution in [0.1, 0.15) is 26.2 Å². The average molecular weight is 498 g/mol. The molecule has 1 N–H and O–H groups in total. The molecule has 0 aromatic heterocycles. The lowest BCUT2D eigenvalue weighted by molar-refractivity contribution is -0.134. The van der Waals surface area contributed by atoms with Gasteiger partial charge in [-0.2, -0.15) is 4.39 Å². The summed E-state index contributed by atoms with van der Waals surface area (Å²) in [6, 6.07) is 11.8. The largest absolute Gasteiger partial charge is 0.476 e. The zero-order valence-corrected chi connectivity index (χ0v) is 19.8. The Hall–Kier alpha value is -2.59. The Morgan fingerprint density at radius 1 is 1.30 bits per heavy atom. The van der Waals surface area contributed by atoms with Gasteiger partial charge in [0.15, 0.2) is 0 Å². The molecule has 0 spiro atoms. The highest BCUT2D eigenvalue weighted by Gasteiger charge is 2.42. The average Bonchev–Trinajstić information content (AvgIpc) is 2.89. The summed E-state index contributed by atoms with van der Waals surface area (Å²) in [5, 5.41) is 8.71. The molecule has 0 fully saturated rings. The number of hydrogen-bond acceptors (Lipinski definition) is 6. The fourth-order valence-electron chi connectivity index (χ4n) is 3.72. The van der Waals surface area contributed by atoms with E-state index in [9.17, 15) is 17.6 Å². The molecule has 10 heteroatoms. The van der Waals surface area contributed by atoms with Crippen molar-refractivity contribution in [2.45, 2.75) is 41.5 Å². The van der Waals surface area contributed by atoms with Crippen LogP contribution in [-0.2, 0) is 14.6 Å². The molecular weight excluding hydrogens is 472 g/mol. The maximum absolute atomic E-state index is 15.5. The molecule has 0 saturated carbocycles. The minimum absolute atomic E-state index is 0.0755. The highest BCUT2D eigenvalue weighted by Crippen LogP contribution is 2.45. The highest BCUT2D eigenvalue weighted by atomic mass is 32.2. The van der Waals surface area contributed by atoms with Gasteiger partial charge in [0, 0.05) is 24.2 Å². The van der Waals surface area contributed by atoms with Crippen molar-refractivity contribution < 1.29 is 31.8 Å². The van der Waals surface area contributed by atoms with Gasteiger partial charge >= 0.3 is 5.97 Å². The number of alkyl halides is 1. The van der Waals surface area contributed by atoms with Crippen LogP contribution in [0.3, 0.4) is 0 Å². The van der Waals surface area contributed by atoms with Crippen molar-refractivity contribution in [2.24, 2.45) is 5.92 Å². The van der Waals surface area contributed by atoms with Gasteiger partial charge in [-0.15, -0.1) is 11.8 Å². The minimum Gasteiger partial charge on any atom is -0.476 e. The molecule has 6 nitrogen and oxygen atoms in total. The van der Waals surface area contributed by atoms with Crippen molar-refractivity contribution in [3.8, 4) is 5.75 Å². The Morgan fingerprint density at radius 3 is 2.61 bits per heavy atom. The minimum atomic E-state index is -4.41. The molecule has 2 aromatic carbocycles. The first-order valence-corrected chi connectivity index (χ1v) is 13.2. The second kappa shape index (κ2) is 10.6. The summed E-state index contributed by atoms with van der Waals surface area (Å²) in [6.07, 6.45) is 3.99. The van der Waals surface area contributed by atoms with Gasteiger partial charge in [0.25, 0.3) is 0 Å². The van der Waals surface area contributed by atoms with Gasteiger partial charge in [-0.3, -0.25) is 0 Å². The number of carboxylic acid groups (broad SMARTS) is 1. The number of rotatable bonds is 8. The Bertz CT molecular complexity index is 1140. The number of hydrogen-bond donors (Lipinski definition) is 1. The third kappa shape index (κ3) is 5.33. The number of thioether (sulfide) groups is 1. The number of aliphatic carboxylic acids is 1. The zero-order chi connectivity index (χ0) is 24.2. The third-order valence-electron chi connectivity index (χ3n) is 5.42. The van der Waals surface area contributed by atoms with Crippen LogP contribution in [0, 0.1) is 5.92 Å². The monoisotopic (exact) mass is 497 g/mol. The number of para-hydroxylation sites is 1. The Balaban J connectivity index is 2.21. The van der Waals surface area contributed by atoms with Gasteiger partial charge in [0.05, 0.1) is 15.5 Å². The number of carbonyl (C=O) groups is 1. The van der Waals surface area contributed by atoms with E-state index in [1.54, 1.807) is 17.2 Å². The van der Waals surface area contributed by atoms with Crippen LogP contribution in [0.15, 0.2) is 64.3 Å². The summed E-state index contributed by atoms with van der Waals surface area (Å²) in [7, 11) is -4.41. The van der Waals surface area contributed by atoms with E-state index in [0.29, 0.717) is 35.4 Å². The van der Waals surface area contributed by atoms with Crippen LogP contribution < -0.4 is 9.64 Å². The zero-order valence-electron chi connectivity index (χ0n) is 18.2. The Morgan fingerprint density at radius 2 is 2.00 bits per heavy atom. The quantitative estimate of drug-likeness (QED) is 0.284. The van der Waals surface area contributed by atoms with Gasteiger partial charge in [-0.05, 0) is 30.9 Å². The summed E-state index contributed by atoms with van der Waals surface area (Å²) >= 11 is 1.21. The van der Waals surface area contributed by atoms with Crippen LogP contribution >= 0.6 is 11.8 Å². The van der Waals surface area contributed by atoms with Crippen molar-refractivity contribution in [2.75, 3.05) is 17.7 Å². The molecule has 1 aliphatic heterocycles. The normalized spacial score (nSPS) is 20.1. The predicted octanol–water partition coefficient (Wildman–Crippen LogP) is 5.71. The van der Waals surface area contributed by atoms with Gasteiger partial charge in [0.1, 0.15) is 12.0 Å². The van der Waals surface area contributed by atoms with Gasteiger partial charge in [-0.25, -0.2) is 17.6 Å². The standard InChI is InChI=1S/C23H25F2NO5S2/c1-3-4-8-15-13-26(16-9-6-5-7-10-16)18-11-20(32-2)19(31-14-17(24)23(27)28)12-21(18)33(29,30)22(15)25/h5-7,9-12,14-15,22H,3-4,8,13H2,1-2H3,(H,27,28)/b17-14-/t15?,22-/m1/s1. The molecule has 2 aromatic rings. The van der Waals surface area contributed by atoms with E-state index in [2.05, 4.69) is 0 Å². The number of benzene rings is 2. The number of carboxylic acids is 1. The number of fused-ring (bicyclic) bond motifs is 1. The Labute approximate surface area is 196 Å². The lowest BCUT2D eigenvalue weighted by Gasteiger charge is -2.28. The number of nitrogens with zero attached hydrogens (tertiary/aromatic N) is 1. The van der Waals surface area contributed by atoms with Crippen molar-refractivity contribution >= 4 is 38.9 Å². The SMILES string of the molecule is CCCCC1CN(c2ccccc2)c2cc(SC)c(O/C=C(\F)C(=O)O)cc2S(=O)(=O)[C@H]1F. The number of ether oxygens (including phenoxy) is 1. The van der Waals surface area contributed by atoms with E-state index < -0.39 is 33.1 Å². The van der Waals surface area contributed by atoms with E-state index in [4.69, 9.17) is 9.84 Å². The van der Waals surface area contributed by atoms with Crippen LogP contribution in [0.25, 0.3) is 0 Å². The van der Waals surface area contributed by atoms with E-state index in [1.165, 1.54) is 11.8 Å². The van der Waals surface area contributed by atoms with Gasteiger partial charge in [0.2, 0.25) is 21.2 Å². The number of sulfone groups is 1. The summed E-state index contributed by atoms with van der Waals surface area (Å²) in [4.78, 5) is 12.7. The molecule has 178 valence electrons. The van der Waals surface area contributed by atoms with E-state index >= 15 is 4.39 Å². The Kier molecular flexibility index (Phi) is 8.01. The van der Waals surface area contributed by atoms with E-state index in [1.807, 2.05) is 37.3 Å². The molecular formula is C23H25F2NO5S2. The molecule has 1 aliphatic rings. The number of anilines is 2. The molecule has 0 saturated heterocycles. The summed E-state index contributed by atoms with van der Waals surface area (Å²) in [5.41, 5.74) is -1.12. The number of halogens is 2. The van der Waals surface area contributed by atoms with E-state index in [0.717, 1.165) is 12.5 Å². The molecule has 0 aliphatic carbocycles. The molecule has 0 radical (unpaired) electrons. The maximum atomic E-state index is 15.5. The second-order valence-electron chi connectivity index (χ2n) is 7.60. The predicted molar refractivity (Wildman–Crippen MR) is 124 cm³/mol. The molecule has 0 bridgehead atoms. The first-order chi connectivity index (χ1) is 15.7. The fourth-order valence-corrected chi connectivity index (χ4v) is 5.96. The lowest BCUT2D eigenvalue weighted by atomic mass is 10.0. The van der Waals surface area contributed by atoms with Crippen LogP contribution in [-0.4, -0.2) is 37.8 Å².